The lowest BCUT2D eigenvalue weighted by Crippen LogP contribution is -2.29. The second kappa shape index (κ2) is 6.44. The van der Waals surface area contributed by atoms with Crippen molar-refractivity contribution in [3.8, 4) is 11.5 Å². The fraction of sp³-hybridized carbons (Fsp3) is 0.167. The number of nitrogens with one attached hydrogen (secondary N) is 1. The number of nitrogens with zero attached hydrogens (tertiary/aromatic N) is 3. The molecule has 1 N–H and O–H groups in total. The van der Waals surface area contributed by atoms with Crippen molar-refractivity contribution in [3.05, 3.63) is 72.2 Å². The molecule has 0 aliphatic carbocycles. The number of benzene rings is 1. The molecule has 3 aromatic rings. The molecule has 0 saturated heterocycles. The van der Waals surface area contributed by atoms with Gasteiger partial charge in [0.1, 0.15) is 5.69 Å². The molecule has 0 fully saturated rings. The smallest absolute Gasteiger partial charge is 0.254 e. The lowest BCUT2D eigenvalue weighted by molar-refractivity contribution is 0.0742. The molecular formula is C18H18N4O. The van der Waals surface area contributed by atoms with Crippen molar-refractivity contribution in [2.45, 2.75) is 13.0 Å². The van der Waals surface area contributed by atoms with Crippen LogP contribution in [0.2, 0.25) is 0 Å². The number of H-pyrrole nitrogens is 1. The van der Waals surface area contributed by atoms with Gasteiger partial charge in [-0.25, -0.2) is 4.98 Å². The van der Waals surface area contributed by atoms with E-state index in [9.17, 15) is 4.79 Å². The van der Waals surface area contributed by atoms with Gasteiger partial charge in [-0.3, -0.25) is 9.78 Å². The second-order valence-electron chi connectivity index (χ2n) is 5.37. The van der Waals surface area contributed by atoms with E-state index in [-0.39, 0.29) is 11.9 Å². The van der Waals surface area contributed by atoms with Crippen LogP contribution in [0.4, 0.5) is 0 Å². The molecule has 0 saturated carbocycles. The first kappa shape index (κ1) is 15.0. The Bertz CT molecular complexity index is 784. The molecule has 0 bridgehead atoms. The summed E-state index contributed by atoms with van der Waals surface area (Å²) < 4.78 is 0. The Labute approximate surface area is 135 Å². The molecule has 0 aliphatic rings. The van der Waals surface area contributed by atoms with Gasteiger partial charge in [-0.15, -0.1) is 0 Å². The molecule has 0 aliphatic heterocycles. The number of pyridine rings is 1. The Morgan fingerprint density at radius 2 is 1.91 bits per heavy atom. The minimum atomic E-state index is -0.0449. The average Bonchev–Trinajstić information content (AvgIpc) is 3.15. The summed E-state index contributed by atoms with van der Waals surface area (Å²) in [7, 11) is 1.81. The van der Waals surface area contributed by atoms with Crippen LogP contribution < -0.4 is 0 Å². The first-order chi connectivity index (χ1) is 11.2. The molecule has 5 heteroatoms. The number of hydrogen-bond acceptors (Lipinski definition) is 3. The molecule has 116 valence electrons. The van der Waals surface area contributed by atoms with Crippen molar-refractivity contribution < 1.29 is 4.79 Å². The highest BCUT2D eigenvalue weighted by molar-refractivity contribution is 5.95. The van der Waals surface area contributed by atoms with Crippen LogP contribution in [0.25, 0.3) is 11.5 Å². The zero-order chi connectivity index (χ0) is 16.2. The van der Waals surface area contributed by atoms with E-state index in [1.807, 2.05) is 44.3 Å². The largest absolute Gasteiger partial charge is 0.343 e. The van der Waals surface area contributed by atoms with Crippen molar-refractivity contribution in [2.24, 2.45) is 0 Å². The summed E-state index contributed by atoms with van der Waals surface area (Å²) >= 11 is 0. The van der Waals surface area contributed by atoms with Crippen molar-refractivity contribution in [1.29, 1.82) is 0 Å². The van der Waals surface area contributed by atoms with Gasteiger partial charge in [0.25, 0.3) is 5.91 Å². The molecule has 0 unspecified atom stereocenters. The van der Waals surface area contributed by atoms with Crippen LogP contribution in [0.5, 0.6) is 0 Å². The Balaban J connectivity index is 1.84. The van der Waals surface area contributed by atoms with Crippen LogP contribution in [0, 0.1) is 0 Å². The number of carbonyl (C=O) groups excluding carboxylic acids is 1. The summed E-state index contributed by atoms with van der Waals surface area (Å²) in [6.07, 6.45) is 5.02. The van der Waals surface area contributed by atoms with Crippen LogP contribution >= 0.6 is 0 Å². The van der Waals surface area contributed by atoms with Gasteiger partial charge in [0, 0.05) is 31.2 Å². The second-order valence-corrected chi connectivity index (χ2v) is 5.37. The average molecular weight is 306 g/mol. The van der Waals surface area contributed by atoms with Gasteiger partial charge in [-0.05, 0) is 24.6 Å². The third kappa shape index (κ3) is 3.13. The quantitative estimate of drug-likeness (QED) is 0.804. The maximum atomic E-state index is 12.7. The first-order valence-corrected chi connectivity index (χ1v) is 7.44. The zero-order valence-corrected chi connectivity index (χ0v) is 13.1. The van der Waals surface area contributed by atoms with E-state index < -0.39 is 0 Å². The number of imidazole rings is 1. The maximum absolute atomic E-state index is 12.7. The fourth-order valence-electron chi connectivity index (χ4n) is 2.43. The number of hydrogen-bond donors (Lipinski definition) is 1. The summed E-state index contributed by atoms with van der Waals surface area (Å²) in [5, 5.41) is 0. The summed E-state index contributed by atoms with van der Waals surface area (Å²) in [6, 6.07) is 13.4. The number of amides is 1. The van der Waals surface area contributed by atoms with Crippen LogP contribution in [0.1, 0.15) is 28.9 Å². The Hall–Kier alpha value is -2.95. The highest BCUT2D eigenvalue weighted by Crippen LogP contribution is 2.21. The van der Waals surface area contributed by atoms with E-state index in [0.717, 1.165) is 5.56 Å². The van der Waals surface area contributed by atoms with Crippen molar-refractivity contribution in [3.63, 3.8) is 0 Å². The molecule has 0 radical (unpaired) electrons. The predicted octanol–water partition coefficient (Wildman–Crippen LogP) is 3.30. The molecule has 0 spiro atoms. The summed E-state index contributed by atoms with van der Waals surface area (Å²) in [4.78, 5) is 25.9. The third-order valence-corrected chi connectivity index (χ3v) is 3.93. The van der Waals surface area contributed by atoms with E-state index in [1.165, 1.54) is 0 Å². The maximum Gasteiger partial charge on any atom is 0.254 e. The molecule has 23 heavy (non-hydrogen) atoms. The van der Waals surface area contributed by atoms with Gasteiger partial charge in [0.15, 0.2) is 5.82 Å². The van der Waals surface area contributed by atoms with Crippen LogP contribution in [-0.4, -0.2) is 32.8 Å². The SMILES string of the molecule is C[C@@H](c1ccccc1)N(C)C(=O)c1ccnc(-c2ncc[nH]2)c1. The number of carbonyl (C=O) groups is 1. The van der Waals surface area contributed by atoms with Gasteiger partial charge >= 0.3 is 0 Å². The highest BCUT2D eigenvalue weighted by atomic mass is 16.2. The van der Waals surface area contributed by atoms with Crippen molar-refractivity contribution in [1.82, 2.24) is 19.9 Å². The molecule has 1 aromatic carbocycles. The topological polar surface area (TPSA) is 61.9 Å². The molecule has 3 rings (SSSR count). The summed E-state index contributed by atoms with van der Waals surface area (Å²) in [5.41, 5.74) is 2.35. The number of aromatic nitrogens is 3. The third-order valence-electron chi connectivity index (χ3n) is 3.93. The normalized spacial score (nSPS) is 11.9. The minimum Gasteiger partial charge on any atom is -0.343 e. The van der Waals surface area contributed by atoms with Gasteiger partial charge in [-0.2, -0.15) is 0 Å². The van der Waals surface area contributed by atoms with Crippen molar-refractivity contribution >= 4 is 5.91 Å². The lowest BCUT2D eigenvalue weighted by Gasteiger charge is -2.25. The van der Waals surface area contributed by atoms with E-state index in [0.29, 0.717) is 17.1 Å². The van der Waals surface area contributed by atoms with E-state index in [2.05, 4.69) is 15.0 Å². The predicted molar refractivity (Wildman–Crippen MR) is 88.8 cm³/mol. The van der Waals surface area contributed by atoms with E-state index in [4.69, 9.17) is 0 Å². The van der Waals surface area contributed by atoms with Crippen molar-refractivity contribution in [2.75, 3.05) is 7.05 Å². The Kier molecular flexibility index (Phi) is 4.19. The van der Waals surface area contributed by atoms with Gasteiger partial charge < -0.3 is 9.88 Å². The van der Waals surface area contributed by atoms with Gasteiger partial charge in [0.2, 0.25) is 0 Å². The standard InChI is InChI=1S/C18H18N4O/c1-13(14-6-4-3-5-7-14)22(2)18(23)15-8-9-19-16(12-15)17-20-10-11-21-17/h3-13H,1-2H3,(H,20,21)/t13-/m0/s1. The fourth-order valence-corrected chi connectivity index (χ4v) is 2.43. The molecule has 2 heterocycles. The van der Waals surface area contributed by atoms with Crippen LogP contribution in [0.3, 0.4) is 0 Å². The molecule has 5 nitrogen and oxygen atoms in total. The first-order valence-electron chi connectivity index (χ1n) is 7.44. The number of rotatable bonds is 4. The van der Waals surface area contributed by atoms with E-state index in [1.54, 1.807) is 35.6 Å². The Morgan fingerprint density at radius 3 is 2.61 bits per heavy atom. The Morgan fingerprint density at radius 1 is 1.13 bits per heavy atom. The molecule has 1 atom stereocenters. The number of aromatic amines is 1. The molecule has 1 amide bonds. The highest BCUT2D eigenvalue weighted by Gasteiger charge is 2.19. The van der Waals surface area contributed by atoms with Crippen LogP contribution in [-0.2, 0) is 0 Å². The van der Waals surface area contributed by atoms with E-state index >= 15 is 0 Å². The zero-order valence-electron chi connectivity index (χ0n) is 13.1. The summed E-state index contributed by atoms with van der Waals surface area (Å²) in [5.74, 6) is 0.606. The lowest BCUT2D eigenvalue weighted by atomic mass is 10.1. The molecular weight excluding hydrogens is 288 g/mol. The molecule has 2 aromatic heterocycles. The van der Waals surface area contributed by atoms with Crippen LogP contribution in [0.15, 0.2) is 61.1 Å². The monoisotopic (exact) mass is 306 g/mol. The van der Waals surface area contributed by atoms with Gasteiger partial charge in [0.05, 0.1) is 6.04 Å². The summed E-state index contributed by atoms with van der Waals surface area (Å²) in [6.45, 7) is 2.02. The van der Waals surface area contributed by atoms with Gasteiger partial charge in [-0.1, -0.05) is 30.3 Å². The minimum absolute atomic E-state index is 0.0103.